The minimum absolute atomic E-state index is 0.0689. The van der Waals surface area contributed by atoms with Gasteiger partial charge in [0, 0.05) is 18.6 Å². The predicted octanol–water partition coefficient (Wildman–Crippen LogP) is 2.27. The molecule has 0 aliphatic carbocycles. The van der Waals surface area contributed by atoms with E-state index in [0.717, 1.165) is 10.6 Å². The van der Waals surface area contributed by atoms with E-state index < -0.39 is 28.5 Å². The standard InChI is InChI=1S/C20H24ClN3O4S/c1-15(20(26)22-2)23(13-16-9-7-8-12-18(16)21)19(25)14-24(29(3,27)28)17-10-5-4-6-11-17/h4-12,15H,13-14H2,1-3H3,(H,22,26)/t15-/m0/s1. The zero-order valence-electron chi connectivity index (χ0n) is 16.5. The topological polar surface area (TPSA) is 86.8 Å². The average molecular weight is 438 g/mol. The molecule has 0 aromatic heterocycles. The number of sulfonamides is 1. The number of likely N-dealkylation sites (N-methyl/N-ethyl adjacent to an activating group) is 1. The van der Waals surface area contributed by atoms with Gasteiger partial charge < -0.3 is 10.2 Å². The van der Waals surface area contributed by atoms with Crippen molar-refractivity contribution in [1.29, 1.82) is 0 Å². The molecule has 7 nitrogen and oxygen atoms in total. The zero-order valence-corrected chi connectivity index (χ0v) is 18.1. The van der Waals surface area contributed by atoms with Gasteiger partial charge in [-0.15, -0.1) is 0 Å². The minimum Gasteiger partial charge on any atom is -0.357 e. The van der Waals surface area contributed by atoms with E-state index in [9.17, 15) is 18.0 Å². The van der Waals surface area contributed by atoms with Crippen molar-refractivity contribution in [2.24, 2.45) is 0 Å². The van der Waals surface area contributed by atoms with E-state index in [1.54, 1.807) is 61.5 Å². The second kappa shape index (κ2) is 9.76. The second-order valence-corrected chi connectivity index (χ2v) is 8.82. The van der Waals surface area contributed by atoms with Crippen molar-refractivity contribution < 1.29 is 18.0 Å². The number of carbonyl (C=O) groups is 2. The number of nitrogens with one attached hydrogen (secondary N) is 1. The fraction of sp³-hybridized carbons (Fsp3) is 0.300. The van der Waals surface area contributed by atoms with E-state index in [1.807, 2.05) is 0 Å². The highest BCUT2D eigenvalue weighted by Crippen LogP contribution is 2.21. The molecule has 2 amide bonds. The average Bonchev–Trinajstić information content (AvgIpc) is 2.69. The van der Waals surface area contributed by atoms with Crippen LogP contribution in [0.1, 0.15) is 12.5 Å². The maximum atomic E-state index is 13.1. The number of carbonyl (C=O) groups excluding carboxylic acids is 2. The molecule has 0 bridgehead atoms. The molecule has 2 aromatic carbocycles. The number of nitrogens with zero attached hydrogens (tertiary/aromatic N) is 2. The normalized spacial score (nSPS) is 12.1. The smallest absolute Gasteiger partial charge is 0.244 e. The van der Waals surface area contributed by atoms with Crippen LogP contribution in [0.2, 0.25) is 5.02 Å². The Balaban J connectivity index is 2.37. The van der Waals surface area contributed by atoms with Crippen molar-refractivity contribution >= 4 is 39.1 Å². The second-order valence-electron chi connectivity index (χ2n) is 6.51. The first-order valence-electron chi connectivity index (χ1n) is 8.92. The molecule has 2 aromatic rings. The molecule has 29 heavy (non-hydrogen) atoms. The molecule has 0 heterocycles. The fourth-order valence-electron chi connectivity index (χ4n) is 2.81. The van der Waals surface area contributed by atoms with Crippen LogP contribution in [0.15, 0.2) is 54.6 Å². The number of benzene rings is 2. The number of amides is 2. The summed E-state index contributed by atoms with van der Waals surface area (Å²) in [5.41, 5.74) is 1.03. The van der Waals surface area contributed by atoms with E-state index in [-0.39, 0.29) is 12.5 Å². The van der Waals surface area contributed by atoms with Crippen LogP contribution in [0, 0.1) is 0 Å². The minimum atomic E-state index is -3.72. The monoisotopic (exact) mass is 437 g/mol. The van der Waals surface area contributed by atoms with E-state index in [1.165, 1.54) is 11.9 Å². The molecule has 0 saturated carbocycles. The number of hydrogen-bond acceptors (Lipinski definition) is 4. The van der Waals surface area contributed by atoms with Crippen molar-refractivity contribution in [3.63, 3.8) is 0 Å². The Kier molecular flexibility index (Phi) is 7.64. The maximum Gasteiger partial charge on any atom is 0.244 e. The van der Waals surface area contributed by atoms with Crippen molar-refractivity contribution in [2.75, 3.05) is 24.2 Å². The Bertz CT molecular complexity index is 967. The van der Waals surface area contributed by atoms with Gasteiger partial charge in [0.15, 0.2) is 0 Å². The van der Waals surface area contributed by atoms with Crippen LogP contribution in [-0.2, 0) is 26.2 Å². The van der Waals surface area contributed by atoms with Gasteiger partial charge in [0.05, 0.1) is 11.9 Å². The molecule has 0 aliphatic rings. The van der Waals surface area contributed by atoms with Crippen molar-refractivity contribution in [2.45, 2.75) is 19.5 Å². The van der Waals surface area contributed by atoms with Gasteiger partial charge in [-0.2, -0.15) is 0 Å². The van der Waals surface area contributed by atoms with Crippen LogP contribution in [0.5, 0.6) is 0 Å². The number of halogens is 1. The van der Waals surface area contributed by atoms with Crippen molar-refractivity contribution in [1.82, 2.24) is 10.2 Å². The van der Waals surface area contributed by atoms with E-state index >= 15 is 0 Å². The fourth-order valence-corrected chi connectivity index (χ4v) is 3.85. The molecule has 2 rings (SSSR count). The third-order valence-electron chi connectivity index (χ3n) is 4.44. The molecular weight excluding hydrogens is 414 g/mol. The van der Waals surface area contributed by atoms with Crippen LogP contribution in [0.4, 0.5) is 5.69 Å². The molecule has 0 aliphatic heterocycles. The van der Waals surface area contributed by atoms with Gasteiger partial charge in [0.1, 0.15) is 12.6 Å². The zero-order chi connectivity index (χ0) is 21.6. The van der Waals surface area contributed by atoms with Crippen molar-refractivity contribution in [3.05, 3.63) is 65.2 Å². The summed E-state index contributed by atoms with van der Waals surface area (Å²) in [6, 6.07) is 14.5. The Morgan fingerprint density at radius 1 is 1.07 bits per heavy atom. The molecular formula is C20H24ClN3O4S. The molecule has 0 fully saturated rings. The molecule has 1 atom stereocenters. The maximum absolute atomic E-state index is 13.1. The summed E-state index contributed by atoms with van der Waals surface area (Å²) in [4.78, 5) is 26.7. The Morgan fingerprint density at radius 3 is 2.21 bits per heavy atom. The molecule has 0 saturated heterocycles. The Hall–Kier alpha value is -2.58. The molecule has 0 spiro atoms. The highest BCUT2D eigenvalue weighted by Gasteiger charge is 2.29. The van der Waals surface area contributed by atoms with E-state index in [0.29, 0.717) is 16.3 Å². The lowest BCUT2D eigenvalue weighted by atomic mass is 10.1. The lowest BCUT2D eigenvalue weighted by Crippen LogP contribution is -2.50. The summed E-state index contributed by atoms with van der Waals surface area (Å²) >= 11 is 6.22. The summed E-state index contributed by atoms with van der Waals surface area (Å²) in [5, 5.41) is 2.97. The van der Waals surface area contributed by atoms with Crippen LogP contribution < -0.4 is 9.62 Å². The quantitative estimate of drug-likeness (QED) is 0.686. The van der Waals surface area contributed by atoms with E-state index in [4.69, 9.17) is 11.6 Å². The lowest BCUT2D eigenvalue weighted by molar-refractivity contribution is -0.139. The summed E-state index contributed by atoms with van der Waals surface area (Å²) in [5.74, 6) is -0.883. The summed E-state index contributed by atoms with van der Waals surface area (Å²) in [6.45, 7) is 1.22. The van der Waals surface area contributed by atoms with Gasteiger partial charge in [-0.05, 0) is 30.7 Å². The summed E-state index contributed by atoms with van der Waals surface area (Å²) < 4.78 is 25.7. The third-order valence-corrected chi connectivity index (χ3v) is 5.94. The largest absolute Gasteiger partial charge is 0.357 e. The third kappa shape index (κ3) is 5.95. The van der Waals surface area contributed by atoms with Gasteiger partial charge in [-0.1, -0.05) is 48.0 Å². The highest BCUT2D eigenvalue weighted by atomic mass is 35.5. The van der Waals surface area contributed by atoms with Crippen molar-refractivity contribution in [3.8, 4) is 0 Å². The Morgan fingerprint density at radius 2 is 1.66 bits per heavy atom. The van der Waals surface area contributed by atoms with Gasteiger partial charge in [-0.3, -0.25) is 13.9 Å². The number of anilines is 1. The van der Waals surface area contributed by atoms with Crippen LogP contribution in [0.25, 0.3) is 0 Å². The first kappa shape index (κ1) is 22.7. The first-order valence-corrected chi connectivity index (χ1v) is 11.1. The highest BCUT2D eigenvalue weighted by molar-refractivity contribution is 7.92. The van der Waals surface area contributed by atoms with Gasteiger partial charge in [0.2, 0.25) is 21.8 Å². The summed E-state index contributed by atoms with van der Waals surface area (Å²) in [7, 11) is -2.24. The molecule has 1 N–H and O–H groups in total. The molecule has 0 unspecified atom stereocenters. The van der Waals surface area contributed by atoms with Crippen LogP contribution in [-0.4, -0.2) is 51.0 Å². The molecule has 156 valence electrons. The SMILES string of the molecule is CNC(=O)[C@H](C)N(Cc1ccccc1Cl)C(=O)CN(c1ccccc1)S(C)(=O)=O. The number of para-hydroxylation sites is 1. The van der Waals surface area contributed by atoms with Crippen LogP contribution in [0.3, 0.4) is 0 Å². The van der Waals surface area contributed by atoms with Gasteiger partial charge in [-0.25, -0.2) is 8.42 Å². The van der Waals surface area contributed by atoms with Gasteiger partial charge >= 0.3 is 0 Å². The number of rotatable bonds is 8. The summed E-state index contributed by atoms with van der Waals surface area (Å²) in [6.07, 6.45) is 1.04. The van der Waals surface area contributed by atoms with Crippen LogP contribution >= 0.6 is 11.6 Å². The lowest BCUT2D eigenvalue weighted by Gasteiger charge is -2.31. The molecule has 0 radical (unpaired) electrons. The molecule has 9 heteroatoms. The van der Waals surface area contributed by atoms with E-state index in [2.05, 4.69) is 5.32 Å². The Labute approximate surface area is 176 Å². The predicted molar refractivity (Wildman–Crippen MR) is 114 cm³/mol. The first-order chi connectivity index (χ1) is 13.6. The van der Waals surface area contributed by atoms with Gasteiger partial charge in [0.25, 0.3) is 0 Å². The number of hydrogen-bond donors (Lipinski definition) is 1.